The van der Waals surface area contributed by atoms with Crippen LogP contribution in [0, 0.1) is 0 Å². The summed E-state index contributed by atoms with van der Waals surface area (Å²) in [6, 6.07) is 8.13. The summed E-state index contributed by atoms with van der Waals surface area (Å²) in [6.07, 6.45) is 0.359. The first kappa shape index (κ1) is 13.4. The highest BCUT2D eigenvalue weighted by Crippen LogP contribution is 2.30. The van der Waals surface area contributed by atoms with Crippen LogP contribution in [0.2, 0.25) is 0 Å². The molecule has 0 bridgehead atoms. The molecule has 1 unspecified atom stereocenters. The SMILES string of the molecule is CCC(O)c1ccccc1N1CCOC(C)(C)C1. The summed E-state index contributed by atoms with van der Waals surface area (Å²) in [5.74, 6) is 0. The molecule has 0 aromatic heterocycles. The van der Waals surface area contributed by atoms with Crippen molar-refractivity contribution < 1.29 is 9.84 Å². The molecule has 1 aromatic carbocycles. The lowest BCUT2D eigenvalue weighted by atomic mass is 10.0. The van der Waals surface area contributed by atoms with Gasteiger partial charge < -0.3 is 14.7 Å². The summed E-state index contributed by atoms with van der Waals surface area (Å²) in [5.41, 5.74) is 2.05. The second kappa shape index (κ2) is 5.29. The molecule has 0 saturated carbocycles. The van der Waals surface area contributed by atoms with Crippen molar-refractivity contribution in [2.75, 3.05) is 24.6 Å². The van der Waals surface area contributed by atoms with Crippen LogP contribution in [0.5, 0.6) is 0 Å². The van der Waals surface area contributed by atoms with Crippen molar-refractivity contribution in [1.82, 2.24) is 0 Å². The van der Waals surface area contributed by atoms with Gasteiger partial charge in [-0.15, -0.1) is 0 Å². The average molecular weight is 249 g/mol. The van der Waals surface area contributed by atoms with E-state index in [0.29, 0.717) is 0 Å². The summed E-state index contributed by atoms with van der Waals surface area (Å²) in [7, 11) is 0. The van der Waals surface area contributed by atoms with Crippen LogP contribution < -0.4 is 4.90 Å². The number of para-hydroxylation sites is 1. The van der Waals surface area contributed by atoms with Crippen molar-refractivity contribution >= 4 is 5.69 Å². The van der Waals surface area contributed by atoms with Gasteiger partial charge in [-0.1, -0.05) is 25.1 Å². The summed E-state index contributed by atoms with van der Waals surface area (Å²) in [4.78, 5) is 2.32. The predicted molar refractivity (Wildman–Crippen MR) is 73.9 cm³/mol. The van der Waals surface area contributed by atoms with Gasteiger partial charge in [0, 0.05) is 24.3 Å². The zero-order chi connectivity index (χ0) is 13.2. The molecule has 18 heavy (non-hydrogen) atoms. The Morgan fingerprint density at radius 2 is 2.11 bits per heavy atom. The minimum atomic E-state index is -0.382. The van der Waals surface area contributed by atoms with E-state index < -0.39 is 0 Å². The van der Waals surface area contributed by atoms with Crippen LogP contribution in [0.25, 0.3) is 0 Å². The van der Waals surface area contributed by atoms with E-state index in [9.17, 15) is 5.11 Å². The minimum Gasteiger partial charge on any atom is -0.388 e. The number of rotatable bonds is 3. The van der Waals surface area contributed by atoms with Crippen molar-refractivity contribution in [3.63, 3.8) is 0 Å². The molecule has 0 radical (unpaired) electrons. The molecule has 3 heteroatoms. The third kappa shape index (κ3) is 2.85. The Labute approximate surface area is 109 Å². The molecule has 1 aromatic rings. The topological polar surface area (TPSA) is 32.7 Å². The lowest BCUT2D eigenvalue weighted by Gasteiger charge is -2.40. The fourth-order valence-corrected chi connectivity index (χ4v) is 2.50. The average Bonchev–Trinajstić information content (AvgIpc) is 2.36. The number of morpholine rings is 1. The first-order valence-electron chi connectivity index (χ1n) is 6.69. The third-order valence-electron chi connectivity index (χ3n) is 3.45. The van der Waals surface area contributed by atoms with Gasteiger partial charge in [0.25, 0.3) is 0 Å². The monoisotopic (exact) mass is 249 g/mol. The number of benzene rings is 1. The van der Waals surface area contributed by atoms with Gasteiger partial charge in [-0.3, -0.25) is 0 Å². The van der Waals surface area contributed by atoms with Gasteiger partial charge in [-0.2, -0.15) is 0 Å². The zero-order valence-electron chi connectivity index (χ0n) is 11.5. The largest absolute Gasteiger partial charge is 0.388 e. The van der Waals surface area contributed by atoms with Gasteiger partial charge in [-0.05, 0) is 26.3 Å². The molecule has 1 atom stereocenters. The Morgan fingerprint density at radius 3 is 2.78 bits per heavy atom. The van der Waals surface area contributed by atoms with E-state index >= 15 is 0 Å². The summed E-state index contributed by atoms with van der Waals surface area (Å²) in [6.45, 7) is 8.71. The lowest BCUT2D eigenvalue weighted by molar-refractivity contribution is -0.0278. The summed E-state index contributed by atoms with van der Waals surface area (Å²) >= 11 is 0. The molecule has 3 nitrogen and oxygen atoms in total. The van der Waals surface area contributed by atoms with E-state index in [1.54, 1.807) is 0 Å². The second-order valence-corrected chi connectivity index (χ2v) is 5.51. The Hall–Kier alpha value is -1.06. The zero-order valence-corrected chi connectivity index (χ0v) is 11.5. The first-order chi connectivity index (χ1) is 8.53. The van der Waals surface area contributed by atoms with E-state index in [0.717, 1.165) is 37.4 Å². The number of nitrogens with zero attached hydrogens (tertiary/aromatic N) is 1. The summed E-state index contributed by atoms with van der Waals surface area (Å²) in [5, 5.41) is 10.1. The molecule has 0 spiro atoms. The number of hydrogen-bond acceptors (Lipinski definition) is 3. The molecular formula is C15H23NO2. The fourth-order valence-electron chi connectivity index (χ4n) is 2.50. The van der Waals surface area contributed by atoms with Crippen LogP contribution >= 0.6 is 0 Å². The highest BCUT2D eigenvalue weighted by Gasteiger charge is 2.28. The van der Waals surface area contributed by atoms with Gasteiger partial charge in [0.2, 0.25) is 0 Å². The number of hydrogen-bond donors (Lipinski definition) is 1. The maximum atomic E-state index is 10.1. The lowest BCUT2D eigenvalue weighted by Crippen LogP contribution is -2.48. The molecule has 100 valence electrons. The van der Waals surface area contributed by atoms with Gasteiger partial charge in [0.05, 0.1) is 18.3 Å². The Kier molecular flexibility index (Phi) is 3.93. The van der Waals surface area contributed by atoms with Crippen LogP contribution in [-0.4, -0.2) is 30.4 Å². The molecule has 1 saturated heterocycles. The fraction of sp³-hybridized carbons (Fsp3) is 0.600. The normalized spacial score (nSPS) is 20.8. The van der Waals surface area contributed by atoms with Gasteiger partial charge in [0.1, 0.15) is 0 Å². The molecule has 2 rings (SSSR count). The van der Waals surface area contributed by atoms with Crippen LogP contribution in [0.1, 0.15) is 38.9 Å². The standard InChI is InChI=1S/C15H23NO2/c1-4-14(17)12-7-5-6-8-13(12)16-9-10-18-15(2,3)11-16/h5-8,14,17H,4,9-11H2,1-3H3. The van der Waals surface area contributed by atoms with Crippen LogP contribution in [0.15, 0.2) is 24.3 Å². The van der Waals surface area contributed by atoms with E-state index in [-0.39, 0.29) is 11.7 Å². The van der Waals surface area contributed by atoms with Crippen LogP contribution in [0.4, 0.5) is 5.69 Å². The smallest absolute Gasteiger partial charge is 0.0807 e. The van der Waals surface area contributed by atoms with Crippen LogP contribution in [0.3, 0.4) is 0 Å². The Bertz CT molecular complexity index is 403. The first-order valence-corrected chi connectivity index (χ1v) is 6.69. The van der Waals surface area contributed by atoms with E-state index in [4.69, 9.17) is 4.74 Å². The van der Waals surface area contributed by atoms with Crippen molar-refractivity contribution in [3.8, 4) is 0 Å². The molecule has 0 aliphatic carbocycles. The molecule has 1 heterocycles. The third-order valence-corrected chi connectivity index (χ3v) is 3.45. The maximum absolute atomic E-state index is 10.1. The maximum Gasteiger partial charge on any atom is 0.0807 e. The Balaban J connectivity index is 2.27. The van der Waals surface area contributed by atoms with Gasteiger partial charge in [-0.25, -0.2) is 0 Å². The minimum absolute atomic E-state index is 0.122. The van der Waals surface area contributed by atoms with Crippen LogP contribution in [-0.2, 0) is 4.74 Å². The molecule has 1 N–H and O–H groups in total. The summed E-state index contributed by atoms with van der Waals surface area (Å²) < 4.78 is 5.74. The van der Waals surface area contributed by atoms with E-state index in [2.05, 4.69) is 24.8 Å². The van der Waals surface area contributed by atoms with E-state index in [1.807, 2.05) is 25.1 Å². The predicted octanol–water partition coefficient (Wildman–Crippen LogP) is 2.75. The van der Waals surface area contributed by atoms with Gasteiger partial charge >= 0.3 is 0 Å². The number of anilines is 1. The molecular weight excluding hydrogens is 226 g/mol. The molecule has 1 aliphatic heterocycles. The van der Waals surface area contributed by atoms with E-state index in [1.165, 1.54) is 0 Å². The number of aliphatic hydroxyl groups is 1. The van der Waals surface area contributed by atoms with Crippen molar-refractivity contribution in [3.05, 3.63) is 29.8 Å². The van der Waals surface area contributed by atoms with Crippen molar-refractivity contribution in [2.24, 2.45) is 0 Å². The molecule has 1 fully saturated rings. The highest BCUT2D eigenvalue weighted by molar-refractivity contribution is 5.55. The van der Waals surface area contributed by atoms with Crippen molar-refractivity contribution in [2.45, 2.75) is 38.9 Å². The Morgan fingerprint density at radius 1 is 1.39 bits per heavy atom. The molecule has 1 aliphatic rings. The van der Waals surface area contributed by atoms with Crippen molar-refractivity contribution in [1.29, 1.82) is 0 Å². The van der Waals surface area contributed by atoms with Gasteiger partial charge in [0.15, 0.2) is 0 Å². The number of aliphatic hydroxyl groups excluding tert-OH is 1. The highest BCUT2D eigenvalue weighted by atomic mass is 16.5. The number of ether oxygens (including phenoxy) is 1. The molecule has 0 amide bonds. The second-order valence-electron chi connectivity index (χ2n) is 5.51. The quantitative estimate of drug-likeness (QED) is 0.894.